The molecule has 0 fully saturated rings. The molecule has 3 rings (SSSR count). The second kappa shape index (κ2) is 7.51. The Morgan fingerprint density at radius 1 is 1.12 bits per heavy atom. The van der Waals surface area contributed by atoms with Gasteiger partial charge in [0.2, 0.25) is 11.8 Å². The van der Waals surface area contributed by atoms with E-state index in [1.54, 1.807) is 4.90 Å². The molecule has 2 amide bonds. The highest BCUT2D eigenvalue weighted by atomic mass is 16.2. The molecule has 0 atom stereocenters. The molecular weight excluding hydrogens is 312 g/mol. The van der Waals surface area contributed by atoms with Crippen LogP contribution in [0, 0.1) is 6.92 Å². The van der Waals surface area contributed by atoms with Crippen molar-refractivity contribution in [1.29, 1.82) is 0 Å². The molecule has 4 heteroatoms. The fourth-order valence-corrected chi connectivity index (χ4v) is 3.23. The molecule has 0 bridgehead atoms. The van der Waals surface area contributed by atoms with Crippen LogP contribution in [0.4, 0.5) is 5.69 Å². The van der Waals surface area contributed by atoms with Crippen molar-refractivity contribution < 1.29 is 9.59 Å². The molecule has 0 aromatic heterocycles. The number of hydrogen-bond donors (Lipinski definition) is 1. The van der Waals surface area contributed by atoms with Crippen LogP contribution in [0.1, 0.15) is 35.1 Å². The number of rotatable bonds is 5. The van der Waals surface area contributed by atoms with Crippen molar-refractivity contribution in [2.24, 2.45) is 0 Å². The van der Waals surface area contributed by atoms with Crippen molar-refractivity contribution in [1.82, 2.24) is 5.32 Å². The number of carbonyl (C=O) groups excluding carboxylic acids is 2. The number of nitrogens with one attached hydrogen (secondary N) is 1. The van der Waals surface area contributed by atoms with Crippen molar-refractivity contribution in [3.63, 3.8) is 0 Å². The Morgan fingerprint density at radius 3 is 2.76 bits per heavy atom. The second-order valence-corrected chi connectivity index (χ2v) is 6.68. The number of nitrogens with zero attached hydrogens (tertiary/aromatic N) is 1. The van der Waals surface area contributed by atoms with E-state index in [0.29, 0.717) is 19.4 Å². The maximum atomic E-state index is 12.1. The lowest BCUT2D eigenvalue weighted by Crippen LogP contribution is -2.31. The van der Waals surface area contributed by atoms with E-state index in [2.05, 4.69) is 36.5 Å². The normalized spacial score (nSPS) is 13.5. The lowest BCUT2D eigenvalue weighted by atomic mass is 9.99. The van der Waals surface area contributed by atoms with Crippen LogP contribution in [0.5, 0.6) is 0 Å². The van der Waals surface area contributed by atoms with Gasteiger partial charge in [-0.2, -0.15) is 0 Å². The Bertz CT molecular complexity index is 798. The molecule has 0 saturated carbocycles. The third-order valence-corrected chi connectivity index (χ3v) is 4.70. The van der Waals surface area contributed by atoms with Crippen LogP contribution in [0.25, 0.3) is 0 Å². The molecule has 2 aromatic carbocycles. The van der Waals surface area contributed by atoms with Crippen LogP contribution in [-0.2, 0) is 29.0 Å². The summed E-state index contributed by atoms with van der Waals surface area (Å²) in [4.78, 5) is 25.5. The Labute approximate surface area is 148 Å². The van der Waals surface area contributed by atoms with Gasteiger partial charge in [0.15, 0.2) is 0 Å². The third-order valence-electron chi connectivity index (χ3n) is 4.70. The molecular formula is C21H24N2O2. The number of aryl methyl sites for hydroxylation is 3. The molecule has 1 aliphatic rings. The van der Waals surface area contributed by atoms with Gasteiger partial charge in [-0.15, -0.1) is 0 Å². The molecule has 130 valence electrons. The molecule has 1 aliphatic heterocycles. The maximum absolute atomic E-state index is 12.1. The Morgan fingerprint density at radius 2 is 1.96 bits per heavy atom. The van der Waals surface area contributed by atoms with Crippen LogP contribution in [0.2, 0.25) is 0 Å². The number of carbonyl (C=O) groups is 2. The number of benzene rings is 2. The topological polar surface area (TPSA) is 49.4 Å². The zero-order valence-corrected chi connectivity index (χ0v) is 14.8. The van der Waals surface area contributed by atoms with Crippen LogP contribution in [-0.4, -0.2) is 18.9 Å². The van der Waals surface area contributed by atoms with E-state index < -0.39 is 0 Å². The quantitative estimate of drug-likeness (QED) is 0.912. The van der Waals surface area contributed by atoms with Crippen molar-refractivity contribution in [3.8, 4) is 0 Å². The summed E-state index contributed by atoms with van der Waals surface area (Å²) < 4.78 is 0. The molecule has 1 N–H and O–H groups in total. The van der Waals surface area contributed by atoms with E-state index in [4.69, 9.17) is 0 Å². The van der Waals surface area contributed by atoms with Crippen molar-refractivity contribution in [2.75, 3.05) is 11.9 Å². The summed E-state index contributed by atoms with van der Waals surface area (Å²) in [7, 11) is 1.81. The predicted octanol–water partition coefficient (Wildman–Crippen LogP) is 3.15. The summed E-state index contributed by atoms with van der Waals surface area (Å²) in [5, 5.41) is 2.99. The first-order chi connectivity index (χ1) is 12.0. The minimum Gasteiger partial charge on any atom is -0.352 e. The van der Waals surface area contributed by atoms with Crippen molar-refractivity contribution >= 4 is 17.5 Å². The molecule has 0 spiro atoms. The lowest BCUT2D eigenvalue weighted by Gasteiger charge is -2.26. The largest absolute Gasteiger partial charge is 0.352 e. The number of anilines is 1. The zero-order chi connectivity index (χ0) is 17.8. The first-order valence-corrected chi connectivity index (χ1v) is 8.73. The average Bonchev–Trinajstić information content (AvgIpc) is 2.61. The van der Waals surface area contributed by atoms with Crippen LogP contribution in [0.15, 0.2) is 42.5 Å². The highest BCUT2D eigenvalue weighted by Gasteiger charge is 2.20. The first-order valence-electron chi connectivity index (χ1n) is 8.73. The van der Waals surface area contributed by atoms with E-state index in [0.717, 1.165) is 24.1 Å². The summed E-state index contributed by atoms with van der Waals surface area (Å²) in [6.45, 7) is 2.59. The van der Waals surface area contributed by atoms with Gasteiger partial charge in [0.1, 0.15) is 0 Å². The van der Waals surface area contributed by atoms with Crippen molar-refractivity contribution in [2.45, 2.75) is 39.2 Å². The van der Waals surface area contributed by atoms with Gasteiger partial charge in [-0.1, -0.05) is 42.0 Å². The molecule has 0 aliphatic carbocycles. The lowest BCUT2D eigenvalue weighted by molar-refractivity contribution is -0.121. The summed E-state index contributed by atoms with van der Waals surface area (Å²) in [6, 6.07) is 14.3. The first kappa shape index (κ1) is 17.2. The molecule has 4 nitrogen and oxygen atoms in total. The second-order valence-electron chi connectivity index (χ2n) is 6.68. The highest BCUT2D eigenvalue weighted by Crippen LogP contribution is 2.27. The standard InChI is InChI=1S/C21H24N2O2/c1-15-4-3-5-16(12-15)7-10-20(24)22-14-17-6-9-19-18(13-17)8-11-21(25)23(19)2/h3-6,9,12-13H,7-8,10-11,14H2,1-2H3,(H,22,24). The van der Waals surface area contributed by atoms with Gasteiger partial charge in [-0.05, 0) is 42.5 Å². The summed E-state index contributed by atoms with van der Waals surface area (Å²) in [5.74, 6) is 0.219. The third kappa shape index (κ3) is 4.27. The van der Waals surface area contributed by atoms with Gasteiger partial charge < -0.3 is 10.2 Å². The summed E-state index contributed by atoms with van der Waals surface area (Å²) in [6.07, 6.45) is 2.57. The molecule has 25 heavy (non-hydrogen) atoms. The number of hydrogen-bond acceptors (Lipinski definition) is 2. The SMILES string of the molecule is Cc1cccc(CCC(=O)NCc2ccc3c(c2)CCC(=O)N3C)c1. The van der Waals surface area contributed by atoms with Gasteiger partial charge in [-0.3, -0.25) is 9.59 Å². The van der Waals surface area contributed by atoms with Gasteiger partial charge in [0.25, 0.3) is 0 Å². The monoisotopic (exact) mass is 336 g/mol. The van der Waals surface area contributed by atoms with E-state index in [9.17, 15) is 9.59 Å². The minimum absolute atomic E-state index is 0.0616. The van der Waals surface area contributed by atoms with E-state index in [1.165, 1.54) is 16.7 Å². The predicted molar refractivity (Wildman–Crippen MR) is 99.5 cm³/mol. The van der Waals surface area contributed by atoms with Crippen molar-refractivity contribution in [3.05, 3.63) is 64.7 Å². The maximum Gasteiger partial charge on any atom is 0.227 e. The molecule has 2 aromatic rings. The molecule has 1 heterocycles. The smallest absolute Gasteiger partial charge is 0.227 e. The number of amides is 2. The van der Waals surface area contributed by atoms with E-state index in [-0.39, 0.29) is 11.8 Å². The minimum atomic E-state index is 0.0616. The van der Waals surface area contributed by atoms with Gasteiger partial charge in [-0.25, -0.2) is 0 Å². The number of fused-ring (bicyclic) bond motifs is 1. The average molecular weight is 336 g/mol. The molecule has 0 unspecified atom stereocenters. The van der Waals surface area contributed by atoms with Crippen LogP contribution in [0.3, 0.4) is 0 Å². The molecule has 0 radical (unpaired) electrons. The highest BCUT2D eigenvalue weighted by molar-refractivity contribution is 5.95. The molecule has 0 saturated heterocycles. The Kier molecular flexibility index (Phi) is 5.17. The van der Waals surface area contributed by atoms with E-state index >= 15 is 0 Å². The Balaban J connectivity index is 1.53. The fraction of sp³-hybridized carbons (Fsp3) is 0.333. The van der Waals surface area contributed by atoms with E-state index in [1.807, 2.05) is 25.2 Å². The fourth-order valence-electron chi connectivity index (χ4n) is 3.23. The Hall–Kier alpha value is -2.62. The van der Waals surface area contributed by atoms with Crippen LogP contribution < -0.4 is 10.2 Å². The van der Waals surface area contributed by atoms with Gasteiger partial charge >= 0.3 is 0 Å². The zero-order valence-electron chi connectivity index (χ0n) is 14.8. The summed E-state index contributed by atoms with van der Waals surface area (Å²) in [5.41, 5.74) is 5.64. The summed E-state index contributed by atoms with van der Waals surface area (Å²) >= 11 is 0. The van der Waals surface area contributed by atoms with Crippen LogP contribution >= 0.6 is 0 Å². The van der Waals surface area contributed by atoms with Gasteiger partial charge in [0.05, 0.1) is 0 Å². The van der Waals surface area contributed by atoms with Gasteiger partial charge in [0, 0.05) is 32.1 Å².